The van der Waals surface area contributed by atoms with Crippen LogP contribution in [0, 0.1) is 20.8 Å². The summed E-state index contributed by atoms with van der Waals surface area (Å²) in [6.07, 6.45) is 3.17. The number of carbonyl (C=O) groups excluding carboxylic acids is 3. The molecule has 0 unspecified atom stereocenters. The Kier molecular flexibility index (Phi) is 5.35. The fourth-order valence-electron chi connectivity index (χ4n) is 2.71. The third kappa shape index (κ3) is 4.14. The molecule has 9 nitrogen and oxygen atoms in total. The van der Waals surface area contributed by atoms with Crippen molar-refractivity contribution in [1.82, 2.24) is 19.9 Å². The molecule has 3 rings (SSSR count). The van der Waals surface area contributed by atoms with E-state index >= 15 is 0 Å². The number of benzene rings is 1. The van der Waals surface area contributed by atoms with Gasteiger partial charge in [-0.15, -0.1) is 0 Å². The number of aromatic nitrogens is 3. The molecule has 2 heterocycles. The number of esters is 1. The molecule has 0 radical (unpaired) electrons. The van der Waals surface area contributed by atoms with Crippen LogP contribution in [0.1, 0.15) is 27.2 Å². The minimum atomic E-state index is -0.752. The van der Waals surface area contributed by atoms with Crippen molar-refractivity contribution in [2.75, 3.05) is 11.9 Å². The van der Waals surface area contributed by atoms with Crippen LogP contribution in [0.2, 0.25) is 0 Å². The lowest BCUT2D eigenvalue weighted by Crippen LogP contribution is -2.37. The number of rotatable bonds is 4. The van der Waals surface area contributed by atoms with Gasteiger partial charge in [-0.3, -0.25) is 10.1 Å². The van der Waals surface area contributed by atoms with Crippen LogP contribution in [-0.4, -0.2) is 39.1 Å². The average molecular weight is 381 g/mol. The van der Waals surface area contributed by atoms with Crippen molar-refractivity contribution in [1.29, 1.82) is 0 Å². The molecule has 2 N–H and O–H groups in total. The topological polar surface area (TPSA) is 115 Å². The highest BCUT2D eigenvalue weighted by molar-refractivity contribution is 6.03. The Labute approximate surface area is 160 Å². The van der Waals surface area contributed by atoms with Crippen LogP contribution >= 0.6 is 0 Å². The first-order valence-electron chi connectivity index (χ1n) is 8.50. The lowest BCUT2D eigenvalue weighted by molar-refractivity contribution is -0.123. The molecule has 9 heteroatoms. The lowest BCUT2D eigenvalue weighted by Gasteiger charge is -2.10. The number of hydrogen-bond donors (Lipinski definition) is 2. The van der Waals surface area contributed by atoms with Crippen molar-refractivity contribution in [3.05, 3.63) is 59.0 Å². The second kappa shape index (κ2) is 7.87. The number of hydrogen-bond acceptors (Lipinski definition) is 6. The Morgan fingerprint density at radius 2 is 1.96 bits per heavy atom. The maximum atomic E-state index is 12.3. The number of nitrogens with one attached hydrogen (secondary N) is 2. The number of fused-ring (bicyclic) bond motifs is 1. The lowest BCUT2D eigenvalue weighted by atomic mass is 10.1. The standard InChI is InChI=1S/C19H19N5O4/c1-11-5-6-14(12(2)9-11)21-19(27)22-15(25)10-28-18(26)16-13(3)23-24-8-4-7-20-17(16)24/h4-9H,10H2,1-3H3,(H2,21,22,25,27). The van der Waals surface area contributed by atoms with Gasteiger partial charge in [0, 0.05) is 18.1 Å². The van der Waals surface area contributed by atoms with Crippen LogP contribution in [0.4, 0.5) is 10.5 Å². The molecule has 0 aliphatic carbocycles. The fourth-order valence-corrected chi connectivity index (χ4v) is 2.71. The second-order valence-corrected chi connectivity index (χ2v) is 6.25. The summed E-state index contributed by atoms with van der Waals surface area (Å²) >= 11 is 0. The quantitative estimate of drug-likeness (QED) is 0.669. The highest BCUT2D eigenvalue weighted by atomic mass is 16.5. The maximum absolute atomic E-state index is 12.3. The molecule has 1 aromatic carbocycles. The SMILES string of the molecule is Cc1ccc(NC(=O)NC(=O)COC(=O)c2c(C)nn3cccnc23)c(C)c1. The summed E-state index contributed by atoms with van der Waals surface area (Å²) in [5, 5.41) is 8.86. The fraction of sp³-hybridized carbons (Fsp3) is 0.211. The van der Waals surface area contributed by atoms with E-state index in [0.717, 1.165) is 11.1 Å². The molecule has 3 amide bonds. The van der Waals surface area contributed by atoms with E-state index in [4.69, 9.17) is 4.74 Å². The first-order chi connectivity index (χ1) is 13.3. The number of ether oxygens (including phenoxy) is 1. The zero-order chi connectivity index (χ0) is 20.3. The van der Waals surface area contributed by atoms with Gasteiger partial charge >= 0.3 is 12.0 Å². The smallest absolute Gasteiger partial charge is 0.344 e. The molecule has 144 valence electrons. The van der Waals surface area contributed by atoms with Gasteiger partial charge in [-0.2, -0.15) is 5.10 Å². The van der Waals surface area contributed by atoms with Gasteiger partial charge in [-0.1, -0.05) is 17.7 Å². The highest BCUT2D eigenvalue weighted by Crippen LogP contribution is 2.16. The number of carbonyl (C=O) groups is 3. The molecule has 0 fully saturated rings. The van der Waals surface area contributed by atoms with Crippen LogP contribution < -0.4 is 10.6 Å². The number of nitrogens with zero attached hydrogens (tertiary/aromatic N) is 3. The summed E-state index contributed by atoms with van der Waals surface area (Å²) in [5.41, 5.74) is 3.44. The van der Waals surface area contributed by atoms with Gasteiger partial charge in [-0.05, 0) is 38.5 Å². The zero-order valence-electron chi connectivity index (χ0n) is 15.6. The van der Waals surface area contributed by atoms with E-state index in [9.17, 15) is 14.4 Å². The summed E-state index contributed by atoms with van der Waals surface area (Å²) in [7, 11) is 0. The molecule has 0 bridgehead atoms. The average Bonchev–Trinajstić information content (AvgIpc) is 2.98. The molecule has 0 saturated heterocycles. The van der Waals surface area contributed by atoms with Crippen LogP contribution in [0.3, 0.4) is 0 Å². The predicted octanol–water partition coefficient (Wildman–Crippen LogP) is 2.16. The van der Waals surface area contributed by atoms with Gasteiger partial charge in [0.05, 0.1) is 5.69 Å². The third-order valence-corrected chi connectivity index (χ3v) is 3.99. The predicted molar refractivity (Wildman–Crippen MR) is 101 cm³/mol. The van der Waals surface area contributed by atoms with Crippen molar-refractivity contribution in [3.8, 4) is 0 Å². The van der Waals surface area contributed by atoms with Crippen molar-refractivity contribution < 1.29 is 19.1 Å². The molecule has 0 aliphatic heterocycles. The van der Waals surface area contributed by atoms with Gasteiger partial charge in [-0.25, -0.2) is 19.1 Å². The van der Waals surface area contributed by atoms with Crippen molar-refractivity contribution in [2.24, 2.45) is 0 Å². The first-order valence-corrected chi connectivity index (χ1v) is 8.50. The minimum Gasteiger partial charge on any atom is -0.452 e. The molecule has 0 saturated carbocycles. The molecular weight excluding hydrogens is 362 g/mol. The Hall–Kier alpha value is -3.75. The monoisotopic (exact) mass is 381 g/mol. The molecular formula is C19H19N5O4. The molecule has 0 spiro atoms. The number of anilines is 1. The highest BCUT2D eigenvalue weighted by Gasteiger charge is 2.21. The minimum absolute atomic E-state index is 0.174. The Bertz CT molecular complexity index is 1070. The largest absolute Gasteiger partial charge is 0.452 e. The number of imide groups is 1. The summed E-state index contributed by atoms with van der Waals surface area (Å²) in [4.78, 5) is 40.3. The second-order valence-electron chi connectivity index (χ2n) is 6.25. The Balaban J connectivity index is 1.57. The number of aryl methyl sites for hydroxylation is 3. The molecule has 28 heavy (non-hydrogen) atoms. The van der Waals surface area contributed by atoms with Crippen molar-refractivity contribution in [2.45, 2.75) is 20.8 Å². The Morgan fingerprint density at radius 3 is 2.71 bits per heavy atom. The first kappa shape index (κ1) is 19.0. The van der Waals surface area contributed by atoms with E-state index < -0.39 is 24.5 Å². The van der Waals surface area contributed by atoms with E-state index in [2.05, 4.69) is 20.7 Å². The van der Waals surface area contributed by atoms with Crippen LogP contribution in [-0.2, 0) is 9.53 Å². The van der Waals surface area contributed by atoms with Gasteiger partial charge in [0.2, 0.25) is 0 Å². The number of amides is 3. The number of urea groups is 1. The van der Waals surface area contributed by atoms with Crippen molar-refractivity contribution in [3.63, 3.8) is 0 Å². The van der Waals surface area contributed by atoms with Gasteiger partial charge in [0.15, 0.2) is 12.3 Å². The normalized spacial score (nSPS) is 10.5. The van der Waals surface area contributed by atoms with E-state index in [1.807, 2.05) is 26.0 Å². The van der Waals surface area contributed by atoms with E-state index in [0.29, 0.717) is 17.0 Å². The van der Waals surface area contributed by atoms with E-state index in [1.54, 1.807) is 25.3 Å². The van der Waals surface area contributed by atoms with E-state index in [1.165, 1.54) is 10.7 Å². The van der Waals surface area contributed by atoms with Crippen molar-refractivity contribution >= 4 is 29.2 Å². The summed E-state index contributed by atoms with van der Waals surface area (Å²) in [6.45, 7) is 4.82. The molecule has 0 atom stereocenters. The summed E-state index contributed by atoms with van der Waals surface area (Å²) < 4.78 is 6.45. The van der Waals surface area contributed by atoms with Crippen LogP contribution in [0.15, 0.2) is 36.7 Å². The molecule has 0 aliphatic rings. The molecule has 3 aromatic rings. The maximum Gasteiger partial charge on any atom is 0.344 e. The third-order valence-electron chi connectivity index (χ3n) is 3.99. The van der Waals surface area contributed by atoms with E-state index in [-0.39, 0.29) is 5.56 Å². The van der Waals surface area contributed by atoms with Gasteiger partial charge in [0.25, 0.3) is 5.91 Å². The zero-order valence-corrected chi connectivity index (χ0v) is 15.6. The summed E-state index contributed by atoms with van der Waals surface area (Å²) in [5.74, 6) is -1.49. The summed E-state index contributed by atoms with van der Waals surface area (Å²) in [6, 6.07) is 6.47. The van der Waals surface area contributed by atoms with Crippen LogP contribution in [0.25, 0.3) is 5.65 Å². The van der Waals surface area contributed by atoms with Gasteiger partial charge < -0.3 is 10.1 Å². The van der Waals surface area contributed by atoms with Crippen LogP contribution in [0.5, 0.6) is 0 Å². The van der Waals surface area contributed by atoms with Gasteiger partial charge in [0.1, 0.15) is 5.56 Å². The Morgan fingerprint density at radius 1 is 1.18 bits per heavy atom. The molecule has 2 aromatic heterocycles.